The molecule has 3 nitrogen and oxygen atoms in total. The van der Waals surface area contributed by atoms with Crippen LogP contribution in [-0.2, 0) is 5.41 Å². The van der Waals surface area contributed by atoms with E-state index in [-0.39, 0.29) is 0 Å². The lowest BCUT2D eigenvalue weighted by Crippen LogP contribution is -2.28. The average Bonchev–Trinajstić information content (AvgIpc) is 4.07. The molecule has 0 spiro atoms. The Bertz CT molecular complexity index is 3840. The molecule has 2 aliphatic rings. The van der Waals surface area contributed by atoms with Gasteiger partial charge in [0.05, 0.1) is 27.5 Å². The summed E-state index contributed by atoms with van der Waals surface area (Å²) in [6.07, 6.45) is 6.46. The van der Waals surface area contributed by atoms with Crippen molar-refractivity contribution in [2.45, 2.75) is 43.4 Å². The Morgan fingerprint density at radius 1 is 0.456 bits per heavy atom. The Balaban J connectivity index is 1.13. The van der Waals surface area contributed by atoms with E-state index in [1.54, 1.807) is 0 Å². The molecule has 0 bridgehead atoms. The van der Waals surface area contributed by atoms with E-state index in [1.807, 2.05) is 0 Å². The lowest BCUT2D eigenvalue weighted by atomic mass is 9.67. The summed E-state index contributed by atoms with van der Waals surface area (Å²) in [6.45, 7) is 0. The lowest BCUT2D eigenvalue weighted by Gasteiger charge is -2.35. The number of benzene rings is 10. The van der Waals surface area contributed by atoms with Crippen LogP contribution in [0.5, 0.6) is 0 Å². The van der Waals surface area contributed by atoms with E-state index >= 15 is 0 Å². The van der Waals surface area contributed by atoms with E-state index in [0.717, 1.165) is 55.8 Å². The Morgan fingerprint density at radius 3 is 1.82 bits per heavy atom. The standard InChI is InChI=1S/C65H48N2O/c1-5-19-43(20-6-1)44-33-36-49(37-34-44)66(50-38-39-53-52-29-15-17-31-57(52)67(58(53)41-50)48-26-11-4-12-27-48)59-42-56-63(64-62(59)54-30-16-18-32-60(54)68-64)61-51-28-14-13-21-45(51)35-40-55(61)65(56,46-22-7-2-8-23-46)47-24-9-3-10-25-47/h2-4,7-18,21-43H,1,5-6,19-20H2. The zero-order valence-electron chi connectivity index (χ0n) is 37.8. The van der Waals surface area contributed by atoms with E-state index in [2.05, 4.69) is 234 Å². The normalized spacial score (nSPS) is 14.5. The van der Waals surface area contributed by atoms with Crippen molar-refractivity contribution >= 4 is 71.6 Å². The minimum absolute atomic E-state index is 0.597. The van der Waals surface area contributed by atoms with Crippen LogP contribution in [0.2, 0.25) is 0 Å². The van der Waals surface area contributed by atoms with E-state index < -0.39 is 5.41 Å². The van der Waals surface area contributed by atoms with Gasteiger partial charge in [-0.15, -0.1) is 0 Å². The second kappa shape index (κ2) is 15.5. The second-order valence-corrected chi connectivity index (χ2v) is 19.0. The molecule has 68 heavy (non-hydrogen) atoms. The van der Waals surface area contributed by atoms with Gasteiger partial charge in [-0.1, -0.05) is 189 Å². The summed E-state index contributed by atoms with van der Waals surface area (Å²) in [5.41, 5.74) is 16.7. The summed E-state index contributed by atoms with van der Waals surface area (Å²) in [5, 5.41) is 7.11. The highest BCUT2D eigenvalue weighted by molar-refractivity contribution is 6.22. The minimum atomic E-state index is -0.667. The minimum Gasteiger partial charge on any atom is -0.455 e. The van der Waals surface area contributed by atoms with Crippen LogP contribution in [0.25, 0.3) is 71.3 Å². The molecular formula is C65H48N2O. The number of nitrogens with zero attached hydrogens (tertiary/aromatic N) is 2. The molecule has 0 atom stereocenters. The third-order valence-electron chi connectivity index (χ3n) is 15.4. The SMILES string of the molecule is c1ccc(-n2c3ccccc3c3ccc(N(c4ccc(C5CCCCC5)cc4)c4cc5c(c6oc7ccccc7c46)-c4c(ccc6ccccc46)C5(c4ccccc4)c4ccccc4)cc32)cc1. The van der Waals surface area contributed by atoms with Gasteiger partial charge in [0.1, 0.15) is 11.2 Å². The summed E-state index contributed by atoms with van der Waals surface area (Å²) in [5.74, 6) is 0.597. The summed E-state index contributed by atoms with van der Waals surface area (Å²) >= 11 is 0. The third kappa shape index (κ3) is 5.72. The number of para-hydroxylation sites is 3. The number of aromatic nitrogens is 1. The first kappa shape index (κ1) is 39.1. The fourth-order valence-corrected chi connectivity index (χ4v) is 12.5. The van der Waals surface area contributed by atoms with Gasteiger partial charge >= 0.3 is 0 Å². The van der Waals surface area contributed by atoms with Crippen molar-refractivity contribution in [1.29, 1.82) is 0 Å². The van der Waals surface area contributed by atoms with Crippen LogP contribution >= 0.6 is 0 Å². The second-order valence-electron chi connectivity index (χ2n) is 19.0. The number of hydrogen-bond donors (Lipinski definition) is 0. The van der Waals surface area contributed by atoms with Gasteiger partial charge in [0, 0.05) is 38.8 Å². The molecule has 0 saturated heterocycles. The molecule has 0 aliphatic heterocycles. The number of furan rings is 1. The number of rotatable bonds is 7. The smallest absolute Gasteiger partial charge is 0.145 e. The molecule has 14 rings (SSSR count). The molecule has 324 valence electrons. The van der Waals surface area contributed by atoms with Crippen LogP contribution < -0.4 is 4.90 Å². The van der Waals surface area contributed by atoms with Crippen molar-refractivity contribution in [3.05, 3.63) is 252 Å². The van der Waals surface area contributed by atoms with Gasteiger partial charge in [-0.2, -0.15) is 0 Å². The summed E-state index contributed by atoms with van der Waals surface area (Å²) in [4.78, 5) is 2.53. The molecule has 2 aliphatic carbocycles. The summed E-state index contributed by atoms with van der Waals surface area (Å²) in [7, 11) is 0. The summed E-state index contributed by atoms with van der Waals surface area (Å²) < 4.78 is 9.82. The van der Waals surface area contributed by atoms with Crippen LogP contribution in [0.1, 0.15) is 65.8 Å². The topological polar surface area (TPSA) is 21.3 Å². The van der Waals surface area contributed by atoms with Crippen LogP contribution in [0.15, 0.2) is 229 Å². The molecule has 10 aromatic carbocycles. The van der Waals surface area contributed by atoms with E-state index in [0.29, 0.717) is 5.92 Å². The molecule has 0 amide bonds. The molecule has 0 unspecified atom stereocenters. The molecule has 0 N–H and O–H groups in total. The first-order valence-corrected chi connectivity index (χ1v) is 24.4. The van der Waals surface area contributed by atoms with Crippen molar-refractivity contribution in [3.8, 4) is 16.8 Å². The Morgan fingerprint density at radius 2 is 1.07 bits per heavy atom. The van der Waals surface area contributed by atoms with Crippen molar-refractivity contribution in [1.82, 2.24) is 4.57 Å². The molecule has 3 heteroatoms. The van der Waals surface area contributed by atoms with Gasteiger partial charge in [-0.05, 0) is 118 Å². The van der Waals surface area contributed by atoms with Gasteiger partial charge in [0.2, 0.25) is 0 Å². The Hall–Kier alpha value is -8.14. The van der Waals surface area contributed by atoms with E-state index in [1.165, 1.54) is 92.5 Å². The van der Waals surface area contributed by atoms with Crippen molar-refractivity contribution in [2.75, 3.05) is 4.90 Å². The maximum absolute atomic E-state index is 7.38. The fraction of sp³-hybridized carbons (Fsp3) is 0.108. The highest BCUT2D eigenvalue weighted by Crippen LogP contribution is 2.62. The van der Waals surface area contributed by atoms with Gasteiger partial charge in [0.15, 0.2) is 0 Å². The van der Waals surface area contributed by atoms with Crippen molar-refractivity contribution in [3.63, 3.8) is 0 Å². The highest BCUT2D eigenvalue weighted by Gasteiger charge is 2.49. The van der Waals surface area contributed by atoms with Crippen molar-refractivity contribution in [2.24, 2.45) is 0 Å². The maximum Gasteiger partial charge on any atom is 0.145 e. The van der Waals surface area contributed by atoms with Gasteiger partial charge in [0.25, 0.3) is 0 Å². The number of anilines is 3. The quantitative estimate of drug-likeness (QED) is 0.159. The number of hydrogen-bond acceptors (Lipinski definition) is 2. The van der Waals surface area contributed by atoms with Crippen LogP contribution in [0, 0.1) is 0 Å². The zero-order chi connectivity index (χ0) is 44.8. The Labute approximate surface area is 396 Å². The molecule has 1 fully saturated rings. The zero-order valence-corrected chi connectivity index (χ0v) is 37.8. The van der Waals surface area contributed by atoms with E-state index in [9.17, 15) is 0 Å². The summed E-state index contributed by atoms with van der Waals surface area (Å²) in [6, 6.07) is 83.4. The molecule has 1 saturated carbocycles. The highest BCUT2D eigenvalue weighted by atomic mass is 16.3. The predicted octanol–water partition coefficient (Wildman–Crippen LogP) is 17.7. The monoisotopic (exact) mass is 872 g/mol. The van der Waals surface area contributed by atoms with Crippen LogP contribution in [0.3, 0.4) is 0 Å². The van der Waals surface area contributed by atoms with Gasteiger partial charge < -0.3 is 13.9 Å². The fourth-order valence-electron chi connectivity index (χ4n) is 12.5. The molecule has 2 heterocycles. The van der Waals surface area contributed by atoms with Crippen LogP contribution in [-0.4, -0.2) is 4.57 Å². The Kier molecular flexibility index (Phi) is 8.89. The molecule has 12 aromatic rings. The third-order valence-corrected chi connectivity index (χ3v) is 15.4. The number of fused-ring (bicyclic) bond motifs is 12. The van der Waals surface area contributed by atoms with Gasteiger partial charge in [-0.3, -0.25) is 0 Å². The predicted molar refractivity (Wildman–Crippen MR) is 283 cm³/mol. The lowest BCUT2D eigenvalue weighted by molar-refractivity contribution is 0.443. The molecule has 2 aromatic heterocycles. The van der Waals surface area contributed by atoms with E-state index in [4.69, 9.17) is 4.42 Å². The van der Waals surface area contributed by atoms with Crippen molar-refractivity contribution < 1.29 is 4.42 Å². The maximum atomic E-state index is 7.38. The van der Waals surface area contributed by atoms with Gasteiger partial charge in [-0.25, -0.2) is 0 Å². The molecule has 0 radical (unpaired) electrons. The first-order valence-electron chi connectivity index (χ1n) is 24.4. The van der Waals surface area contributed by atoms with Crippen LogP contribution in [0.4, 0.5) is 17.1 Å². The first-order chi connectivity index (χ1) is 33.8. The molecular weight excluding hydrogens is 825 g/mol. The largest absolute Gasteiger partial charge is 0.455 e. The average molecular weight is 873 g/mol.